The minimum atomic E-state index is -3.27. The van der Waals surface area contributed by atoms with E-state index in [1.54, 1.807) is 43.6 Å². The number of rotatable bonds is 6. The first-order valence-corrected chi connectivity index (χ1v) is 11.8. The summed E-state index contributed by atoms with van der Waals surface area (Å²) in [7, 11) is -1.66. The standard InChI is InChI=1S/C24H20ClNO4S/c1-29-23-8-4-7-20-19(11-12-26-24(20)23)21-14-17(9-10-22(21)25)30-15-16-5-3-6-18(13-16)31(2,27)28/h3-14H,15H2,1-2H3. The van der Waals surface area contributed by atoms with Gasteiger partial charge in [0, 0.05) is 28.4 Å². The van der Waals surface area contributed by atoms with Crippen LogP contribution in [0.4, 0.5) is 0 Å². The summed E-state index contributed by atoms with van der Waals surface area (Å²) in [6.45, 7) is 0.231. The topological polar surface area (TPSA) is 65.5 Å². The van der Waals surface area contributed by atoms with E-state index >= 15 is 0 Å². The van der Waals surface area contributed by atoms with Crippen LogP contribution in [0.5, 0.6) is 11.5 Å². The summed E-state index contributed by atoms with van der Waals surface area (Å²) < 4.78 is 34.9. The van der Waals surface area contributed by atoms with Crippen LogP contribution >= 0.6 is 11.6 Å². The molecule has 0 aliphatic heterocycles. The molecular formula is C24H20ClNO4S. The van der Waals surface area contributed by atoms with Crippen LogP contribution in [0.1, 0.15) is 5.56 Å². The van der Waals surface area contributed by atoms with Gasteiger partial charge in [-0.05, 0) is 53.6 Å². The van der Waals surface area contributed by atoms with Gasteiger partial charge in [0.25, 0.3) is 0 Å². The van der Waals surface area contributed by atoms with Crippen molar-refractivity contribution in [2.75, 3.05) is 13.4 Å². The number of pyridine rings is 1. The highest BCUT2D eigenvalue weighted by Gasteiger charge is 2.13. The summed E-state index contributed by atoms with van der Waals surface area (Å²) in [6, 6.07) is 19.8. The van der Waals surface area contributed by atoms with E-state index in [4.69, 9.17) is 21.1 Å². The van der Waals surface area contributed by atoms with Crippen molar-refractivity contribution in [1.29, 1.82) is 0 Å². The van der Waals surface area contributed by atoms with Gasteiger partial charge in [0.2, 0.25) is 0 Å². The first kappa shape index (κ1) is 21.2. The van der Waals surface area contributed by atoms with Gasteiger partial charge >= 0.3 is 0 Å². The highest BCUT2D eigenvalue weighted by Crippen LogP contribution is 2.37. The van der Waals surface area contributed by atoms with Crippen LogP contribution in [0.15, 0.2) is 77.8 Å². The lowest BCUT2D eigenvalue weighted by Crippen LogP contribution is -2.00. The molecule has 0 aliphatic carbocycles. The van der Waals surface area contributed by atoms with Gasteiger partial charge in [-0.1, -0.05) is 35.9 Å². The normalized spacial score (nSPS) is 11.5. The molecule has 7 heteroatoms. The van der Waals surface area contributed by atoms with Crippen LogP contribution in [-0.4, -0.2) is 26.8 Å². The first-order valence-electron chi connectivity index (χ1n) is 9.50. The van der Waals surface area contributed by atoms with E-state index in [9.17, 15) is 8.42 Å². The highest BCUT2D eigenvalue weighted by molar-refractivity contribution is 7.90. The molecule has 0 aliphatic rings. The molecule has 4 rings (SSSR count). The zero-order valence-electron chi connectivity index (χ0n) is 17.0. The average molecular weight is 454 g/mol. The van der Waals surface area contributed by atoms with E-state index in [0.717, 1.165) is 27.6 Å². The smallest absolute Gasteiger partial charge is 0.175 e. The van der Waals surface area contributed by atoms with E-state index in [-0.39, 0.29) is 11.5 Å². The number of aromatic nitrogens is 1. The molecule has 0 fully saturated rings. The molecule has 5 nitrogen and oxygen atoms in total. The number of hydrogen-bond acceptors (Lipinski definition) is 5. The molecule has 3 aromatic carbocycles. The average Bonchev–Trinajstić information content (AvgIpc) is 2.77. The molecule has 0 saturated carbocycles. The summed E-state index contributed by atoms with van der Waals surface area (Å²) in [5, 5.41) is 1.50. The lowest BCUT2D eigenvalue weighted by Gasteiger charge is -2.13. The van der Waals surface area contributed by atoms with Crippen molar-refractivity contribution >= 4 is 32.3 Å². The molecule has 0 amide bonds. The number of ether oxygens (including phenoxy) is 2. The third kappa shape index (κ3) is 4.50. The largest absolute Gasteiger partial charge is 0.494 e. The lowest BCUT2D eigenvalue weighted by atomic mass is 10.0. The first-order chi connectivity index (χ1) is 14.9. The van der Waals surface area contributed by atoms with E-state index < -0.39 is 9.84 Å². The Hall–Kier alpha value is -3.09. The van der Waals surface area contributed by atoms with E-state index in [0.29, 0.717) is 16.5 Å². The third-order valence-electron chi connectivity index (χ3n) is 4.91. The van der Waals surface area contributed by atoms with E-state index in [2.05, 4.69) is 4.98 Å². The van der Waals surface area contributed by atoms with Crippen molar-refractivity contribution in [3.8, 4) is 22.6 Å². The number of benzene rings is 3. The van der Waals surface area contributed by atoms with Gasteiger partial charge in [-0.3, -0.25) is 4.98 Å². The second-order valence-corrected chi connectivity index (χ2v) is 9.49. The highest BCUT2D eigenvalue weighted by atomic mass is 35.5. The predicted molar refractivity (Wildman–Crippen MR) is 123 cm³/mol. The molecule has 0 bridgehead atoms. The zero-order valence-corrected chi connectivity index (χ0v) is 18.6. The fourth-order valence-corrected chi connectivity index (χ4v) is 4.29. The number of nitrogens with zero attached hydrogens (tertiary/aromatic N) is 1. The van der Waals surface area contributed by atoms with Crippen molar-refractivity contribution in [3.63, 3.8) is 0 Å². The minimum Gasteiger partial charge on any atom is -0.494 e. The maximum Gasteiger partial charge on any atom is 0.175 e. The minimum absolute atomic E-state index is 0.231. The zero-order chi connectivity index (χ0) is 22.0. The summed E-state index contributed by atoms with van der Waals surface area (Å²) in [4.78, 5) is 4.71. The molecule has 1 aromatic heterocycles. The second kappa shape index (κ2) is 8.57. The van der Waals surface area contributed by atoms with Crippen LogP contribution in [0.3, 0.4) is 0 Å². The molecule has 158 valence electrons. The number of halogens is 1. The van der Waals surface area contributed by atoms with Crippen molar-refractivity contribution < 1.29 is 17.9 Å². The monoisotopic (exact) mass is 453 g/mol. The Labute approximate surface area is 186 Å². The van der Waals surface area contributed by atoms with Crippen LogP contribution < -0.4 is 9.47 Å². The number of fused-ring (bicyclic) bond motifs is 1. The number of methoxy groups -OCH3 is 1. The molecule has 0 saturated heterocycles. The molecule has 0 spiro atoms. The molecule has 1 heterocycles. The van der Waals surface area contributed by atoms with Crippen LogP contribution in [0.25, 0.3) is 22.0 Å². The fourth-order valence-electron chi connectivity index (χ4n) is 3.38. The van der Waals surface area contributed by atoms with Gasteiger partial charge in [0.1, 0.15) is 23.6 Å². The van der Waals surface area contributed by atoms with Gasteiger partial charge in [-0.2, -0.15) is 0 Å². The van der Waals surface area contributed by atoms with Crippen molar-refractivity contribution in [3.05, 3.63) is 83.5 Å². The van der Waals surface area contributed by atoms with Gasteiger partial charge in [-0.25, -0.2) is 8.42 Å². The Morgan fingerprint density at radius 1 is 0.968 bits per heavy atom. The van der Waals surface area contributed by atoms with Crippen molar-refractivity contribution in [2.24, 2.45) is 0 Å². The maximum atomic E-state index is 11.8. The number of sulfone groups is 1. The van der Waals surface area contributed by atoms with Gasteiger partial charge in [0.15, 0.2) is 9.84 Å². The third-order valence-corrected chi connectivity index (χ3v) is 6.35. The summed E-state index contributed by atoms with van der Waals surface area (Å²) in [6.07, 6.45) is 2.91. The molecule has 31 heavy (non-hydrogen) atoms. The molecule has 0 unspecified atom stereocenters. The SMILES string of the molecule is COc1cccc2c(-c3cc(OCc4cccc(S(C)(=O)=O)c4)ccc3Cl)ccnc12. The Bertz CT molecular complexity index is 1370. The van der Waals surface area contributed by atoms with Gasteiger partial charge in [-0.15, -0.1) is 0 Å². The molecule has 4 aromatic rings. The molecule has 0 N–H and O–H groups in total. The van der Waals surface area contributed by atoms with E-state index in [1.807, 2.05) is 36.4 Å². The van der Waals surface area contributed by atoms with Crippen molar-refractivity contribution in [1.82, 2.24) is 4.98 Å². The Morgan fingerprint density at radius 2 is 1.77 bits per heavy atom. The quantitative estimate of drug-likeness (QED) is 0.383. The molecule has 0 atom stereocenters. The summed E-state index contributed by atoms with van der Waals surface area (Å²) in [5.74, 6) is 1.31. The van der Waals surface area contributed by atoms with Gasteiger partial charge < -0.3 is 9.47 Å². The predicted octanol–water partition coefficient (Wildman–Crippen LogP) is 5.55. The van der Waals surface area contributed by atoms with Crippen LogP contribution in [-0.2, 0) is 16.4 Å². The molecular weight excluding hydrogens is 434 g/mol. The van der Waals surface area contributed by atoms with Gasteiger partial charge in [0.05, 0.1) is 12.0 Å². The Balaban J connectivity index is 1.67. The van der Waals surface area contributed by atoms with Crippen molar-refractivity contribution in [2.45, 2.75) is 11.5 Å². The number of hydrogen-bond donors (Lipinski definition) is 0. The fraction of sp³-hybridized carbons (Fsp3) is 0.125. The Morgan fingerprint density at radius 3 is 2.55 bits per heavy atom. The van der Waals surface area contributed by atoms with Crippen LogP contribution in [0, 0.1) is 0 Å². The Kier molecular flexibility index (Phi) is 5.85. The second-order valence-electron chi connectivity index (χ2n) is 7.06. The summed E-state index contributed by atoms with van der Waals surface area (Å²) >= 11 is 6.52. The molecule has 0 radical (unpaired) electrons. The van der Waals surface area contributed by atoms with E-state index in [1.165, 1.54) is 6.26 Å². The maximum absolute atomic E-state index is 11.8. The number of para-hydroxylation sites is 1. The summed E-state index contributed by atoms with van der Waals surface area (Å²) in [5.41, 5.74) is 3.24. The van der Waals surface area contributed by atoms with Crippen LogP contribution in [0.2, 0.25) is 5.02 Å². The lowest BCUT2D eigenvalue weighted by molar-refractivity contribution is 0.306.